The van der Waals surface area contributed by atoms with Gasteiger partial charge in [0.05, 0.1) is 5.01 Å². The largest absolute Gasteiger partial charge is 0.334 e. The molecule has 17 heavy (non-hydrogen) atoms. The number of nitrogens with zero attached hydrogens (tertiary/aromatic N) is 2. The molecule has 1 aromatic rings. The zero-order valence-electron chi connectivity index (χ0n) is 10.1. The van der Waals surface area contributed by atoms with Crippen molar-refractivity contribution < 1.29 is 4.79 Å². The highest BCUT2D eigenvalue weighted by Gasteiger charge is 2.20. The Labute approximate surface area is 105 Å². The number of carbonyl (C=O) groups is 1. The summed E-state index contributed by atoms with van der Waals surface area (Å²) < 4.78 is 0. The molecule has 0 radical (unpaired) electrons. The van der Waals surface area contributed by atoms with Crippen molar-refractivity contribution in [1.82, 2.24) is 15.2 Å². The van der Waals surface area contributed by atoms with Crippen LogP contribution < -0.4 is 5.32 Å². The highest BCUT2D eigenvalue weighted by atomic mass is 32.1. The molecule has 4 nitrogen and oxygen atoms in total. The van der Waals surface area contributed by atoms with E-state index in [0.29, 0.717) is 0 Å². The van der Waals surface area contributed by atoms with E-state index in [-0.39, 0.29) is 11.9 Å². The summed E-state index contributed by atoms with van der Waals surface area (Å²) in [5, 5.41) is 4.29. The Balaban J connectivity index is 1.98. The summed E-state index contributed by atoms with van der Waals surface area (Å²) in [4.78, 5) is 19.1. The molecule has 1 aliphatic rings. The SMILES string of the molecule is Cc1ncc(C=CC(=O)N2CCNCC2C)s1. The van der Waals surface area contributed by atoms with Gasteiger partial charge in [-0.3, -0.25) is 4.79 Å². The molecule has 0 saturated carbocycles. The molecule has 5 heteroatoms. The van der Waals surface area contributed by atoms with E-state index in [4.69, 9.17) is 0 Å². The second-order valence-corrected chi connectivity index (χ2v) is 5.47. The fourth-order valence-electron chi connectivity index (χ4n) is 1.87. The molecule has 1 N–H and O–H groups in total. The van der Waals surface area contributed by atoms with Crippen LogP contribution in [0.25, 0.3) is 6.08 Å². The highest BCUT2D eigenvalue weighted by molar-refractivity contribution is 7.12. The summed E-state index contributed by atoms with van der Waals surface area (Å²) in [5.74, 6) is 0.0880. The lowest BCUT2D eigenvalue weighted by atomic mass is 10.2. The van der Waals surface area contributed by atoms with Gasteiger partial charge in [0, 0.05) is 42.8 Å². The predicted octanol–water partition coefficient (Wildman–Crippen LogP) is 1.29. The second-order valence-electron chi connectivity index (χ2n) is 4.20. The van der Waals surface area contributed by atoms with E-state index in [0.717, 1.165) is 29.5 Å². The van der Waals surface area contributed by atoms with E-state index in [1.54, 1.807) is 23.6 Å². The molecule has 1 unspecified atom stereocenters. The van der Waals surface area contributed by atoms with Crippen molar-refractivity contribution >= 4 is 23.3 Å². The van der Waals surface area contributed by atoms with Gasteiger partial charge in [0.1, 0.15) is 0 Å². The molecule has 0 bridgehead atoms. The zero-order chi connectivity index (χ0) is 12.3. The maximum absolute atomic E-state index is 12.0. The first-order valence-corrected chi connectivity index (χ1v) is 6.60. The first-order chi connectivity index (χ1) is 8.16. The van der Waals surface area contributed by atoms with Crippen molar-refractivity contribution in [3.63, 3.8) is 0 Å². The van der Waals surface area contributed by atoms with Crippen LogP contribution in [-0.4, -0.2) is 41.5 Å². The summed E-state index contributed by atoms with van der Waals surface area (Å²) in [6.07, 6.45) is 5.29. The van der Waals surface area contributed by atoms with Crippen LogP contribution in [0.3, 0.4) is 0 Å². The Bertz CT molecular complexity index is 427. The van der Waals surface area contributed by atoms with E-state index in [1.165, 1.54) is 0 Å². The Kier molecular flexibility index (Phi) is 3.91. The van der Waals surface area contributed by atoms with Crippen molar-refractivity contribution in [2.75, 3.05) is 19.6 Å². The van der Waals surface area contributed by atoms with Crippen molar-refractivity contribution in [3.05, 3.63) is 22.2 Å². The normalized spacial score (nSPS) is 21.1. The summed E-state index contributed by atoms with van der Waals surface area (Å²) in [5.41, 5.74) is 0. The van der Waals surface area contributed by atoms with Crippen molar-refractivity contribution in [2.45, 2.75) is 19.9 Å². The first-order valence-electron chi connectivity index (χ1n) is 5.78. The molecule has 1 saturated heterocycles. The number of aromatic nitrogens is 1. The average Bonchev–Trinajstić information content (AvgIpc) is 2.73. The van der Waals surface area contributed by atoms with Gasteiger partial charge >= 0.3 is 0 Å². The fraction of sp³-hybridized carbons (Fsp3) is 0.500. The molecule has 1 aliphatic heterocycles. The van der Waals surface area contributed by atoms with Gasteiger partial charge in [0.2, 0.25) is 5.91 Å². The maximum Gasteiger partial charge on any atom is 0.246 e. The minimum Gasteiger partial charge on any atom is -0.334 e. The minimum atomic E-state index is 0.0880. The van der Waals surface area contributed by atoms with E-state index in [9.17, 15) is 4.79 Å². The van der Waals surface area contributed by atoms with Crippen LogP contribution in [-0.2, 0) is 4.79 Å². The van der Waals surface area contributed by atoms with Crippen LogP contribution in [0.5, 0.6) is 0 Å². The van der Waals surface area contributed by atoms with Crippen molar-refractivity contribution in [3.8, 4) is 0 Å². The van der Waals surface area contributed by atoms with E-state index in [2.05, 4.69) is 17.2 Å². The first kappa shape index (κ1) is 12.3. The summed E-state index contributed by atoms with van der Waals surface area (Å²) in [7, 11) is 0. The Morgan fingerprint density at radius 2 is 2.53 bits per heavy atom. The monoisotopic (exact) mass is 251 g/mol. The topological polar surface area (TPSA) is 45.2 Å². The quantitative estimate of drug-likeness (QED) is 0.806. The average molecular weight is 251 g/mol. The van der Waals surface area contributed by atoms with Crippen LogP contribution in [0.4, 0.5) is 0 Å². The Morgan fingerprint density at radius 1 is 1.71 bits per heavy atom. The molecule has 1 amide bonds. The lowest BCUT2D eigenvalue weighted by Gasteiger charge is -2.33. The van der Waals surface area contributed by atoms with Crippen LogP contribution >= 0.6 is 11.3 Å². The smallest absolute Gasteiger partial charge is 0.246 e. The van der Waals surface area contributed by atoms with Crippen LogP contribution in [0.15, 0.2) is 12.3 Å². The molecule has 2 heterocycles. The van der Waals surface area contributed by atoms with E-state index in [1.807, 2.05) is 17.9 Å². The van der Waals surface area contributed by atoms with Gasteiger partial charge in [-0.2, -0.15) is 0 Å². The zero-order valence-corrected chi connectivity index (χ0v) is 11.0. The number of rotatable bonds is 2. The van der Waals surface area contributed by atoms with Gasteiger partial charge in [0.15, 0.2) is 0 Å². The highest BCUT2D eigenvalue weighted by Crippen LogP contribution is 2.13. The molecule has 92 valence electrons. The summed E-state index contributed by atoms with van der Waals surface area (Å²) in [6.45, 7) is 6.56. The van der Waals surface area contributed by atoms with Crippen LogP contribution in [0.2, 0.25) is 0 Å². The number of hydrogen-bond donors (Lipinski definition) is 1. The molecule has 1 fully saturated rings. The molecular weight excluding hydrogens is 234 g/mol. The number of hydrogen-bond acceptors (Lipinski definition) is 4. The van der Waals surface area contributed by atoms with Crippen molar-refractivity contribution in [1.29, 1.82) is 0 Å². The summed E-state index contributed by atoms with van der Waals surface area (Å²) in [6, 6.07) is 0.268. The predicted molar refractivity (Wildman–Crippen MR) is 69.9 cm³/mol. The van der Waals surface area contributed by atoms with E-state index < -0.39 is 0 Å². The molecule has 0 spiro atoms. The standard InChI is InChI=1S/C12H17N3OS/c1-9-7-13-5-6-15(9)12(16)4-3-11-8-14-10(2)17-11/h3-4,8-9,13H,5-7H2,1-2H3. The lowest BCUT2D eigenvalue weighted by molar-refractivity contribution is -0.128. The summed E-state index contributed by atoms with van der Waals surface area (Å²) >= 11 is 1.60. The van der Waals surface area contributed by atoms with Gasteiger partial charge in [-0.25, -0.2) is 4.98 Å². The maximum atomic E-state index is 12.0. The molecule has 2 rings (SSSR count). The third-order valence-electron chi connectivity index (χ3n) is 2.81. The Hall–Kier alpha value is -1.20. The minimum absolute atomic E-state index is 0.0880. The fourth-order valence-corrected chi connectivity index (χ4v) is 2.56. The number of piperazine rings is 1. The number of carbonyl (C=O) groups excluding carboxylic acids is 1. The third-order valence-corrected chi connectivity index (χ3v) is 3.69. The van der Waals surface area contributed by atoms with Gasteiger partial charge in [0.25, 0.3) is 0 Å². The number of amides is 1. The molecule has 0 aliphatic carbocycles. The number of aryl methyl sites for hydroxylation is 1. The Morgan fingerprint density at radius 3 is 3.18 bits per heavy atom. The van der Waals surface area contributed by atoms with E-state index >= 15 is 0 Å². The molecule has 1 atom stereocenters. The molecule has 1 aromatic heterocycles. The van der Waals surface area contributed by atoms with Crippen LogP contribution in [0, 0.1) is 6.92 Å². The van der Waals surface area contributed by atoms with Gasteiger partial charge in [-0.1, -0.05) is 0 Å². The molecular formula is C12H17N3OS. The molecule has 0 aromatic carbocycles. The second kappa shape index (κ2) is 5.42. The van der Waals surface area contributed by atoms with Crippen molar-refractivity contribution in [2.24, 2.45) is 0 Å². The third kappa shape index (κ3) is 3.14. The number of thiazole rings is 1. The van der Waals surface area contributed by atoms with Gasteiger partial charge in [-0.15, -0.1) is 11.3 Å². The van der Waals surface area contributed by atoms with Gasteiger partial charge in [-0.05, 0) is 19.9 Å². The lowest BCUT2D eigenvalue weighted by Crippen LogP contribution is -2.51. The van der Waals surface area contributed by atoms with Gasteiger partial charge < -0.3 is 10.2 Å². The number of nitrogens with one attached hydrogen (secondary N) is 1. The van der Waals surface area contributed by atoms with Crippen LogP contribution in [0.1, 0.15) is 16.8 Å².